The Kier molecular flexibility index (Phi) is 16.5. The Morgan fingerprint density at radius 1 is 0.685 bits per heavy atom. The molecule has 2 atom stereocenters. The van der Waals surface area contributed by atoms with Gasteiger partial charge in [-0.1, -0.05) is 43.3 Å². The number of carbonyl (C=O) groups is 3. The molecule has 5 aromatic carbocycles. The molecule has 0 aliphatic carbocycles. The average Bonchev–Trinajstić information content (AvgIpc) is 3.91. The summed E-state index contributed by atoms with van der Waals surface area (Å²) in [6.07, 6.45) is 2.44. The first-order valence-electron chi connectivity index (χ1n) is 25.2. The van der Waals surface area contributed by atoms with Gasteiger partial charge < -0.3 is 58.1 Å². The number of hydrogen-bond acceptors (Lipinski definition) is 14. The van der Waals surface area contributed by atoms with Crippen LogP contribution >= 0.6 is 0 Å². The first kappa shape index (κ1) is 50.9. The largest absolute Gasteiger partial charge is 0.493 e. The minimum Gasteiger partial charge on any atom is -0.493 e. The van der Waals surface area contributed by atoms with Gasteiger partial charge in [-0.15, -0.1) is 0 Å². The molecule has 3 amide bonds. The van der Waals surface area contributed by atoms with Crippen molar-refractivity contribution < 1.29 is 47.5 Å². The van der Waals surface area contributed by atoms with E-state index in [1.807, 2.05) is 78.4 Å². The number of amides is 3. The van der Waals surface area contributed by atoms with Crippen molar-refractivity contribution in [1.82, 2.24) is 10.9 Å². The maximum atomic E-state index is 14.3. The molecule has 0 saturated carbocycles. The van der Waals surface area contributed by atoms with Gasteiger partial charge in [-0.25, -0.2) is 5.43 Å². The number of ether oxygens (including phenoxy) is 7. The van der Waals surface area contributed by atoms with Gasteiger partial charge >= 0.3 is 0 Å². The van der Waals surface area contributed by atoms with Crippen LogP contribution in [0.2, 0.25) is 0 Å². The van der Waals surface area contributed by atoms with Crippen molar-refractivity contribution in [3.8, 4) is 23.0 Å². The summed E-state index contributed by atoms with van der Waals surface area (Å²) < 4.78 is 41.9. The van der Waals surface area contributed by atoms with Gasteiger partial charge in [-0.2, -0.15) is 0 Å². The number of hydrazine groups is 1. The molecule has 4 aliphatic heterocycles. The van der Waals surface area contributed by atoms with Crippen LogP contribution in [-0.4, -0.2) is 124 Å². The predicted octanol–water partition coefficient (Wildman–Crippen LogP) is 6.79. The van der Waals surface area contributed by atoms with Crippen LogP contribution < -0.4 is 54.7 Å². The number of anilines is 5. The van der Waals surface area contributed by atoms with Gasteiger partial charge in [0, 0.05) is 82.5 Å². The topological polar surface area (TPSA) is 165 Å². The third-order valence-corrected chi connectivity index (χ3v) is 13.8. The van der Waals surface area contributed by atoms with Crippen LogP contribution in [0.25, 0.3) is 0 Å². The molecule has 17 nitrogen and oxygen atoms in total. The summed E-state index contributed by atoms with van der Waals surface area (Å²) in [5.41, 5.74) is 14.9. The molecular weight excluding hydrogens is 931 g/mol. The second-order valence-corrected chi connectivity index (χ2v) is 18.6. The summed E-state index contributed by atoms with van der Waals surface area (Å²) in [6.45, 7) is 7.42. The van der Waals surface area contributed by atoms with Crippen LogP contribution in [0.3, 0.4) is 0 Å². The quantitative estimate of drug-likeness (QED) is 0.0438. The molecule has 0 bridgehead atoms. The van der Waals surface area contributed by atoms with E-state index in [0.29, 0.717) is 118 Å². The molecule has 0 fully saturated rings. The summed E-state index contributed by atoms with van der Waals surface area (Å²) >= 11 is 0. The van der Waals surface area contributed by atoms with E-state index in [9.17, 15) is 14.4 Å². The SMILES string of the molecule is CCNNC(=O)CCCN(CCOCCOCCOC)c1cc(COc2cc3c(cc2OC)C(=O)N2c4ccccc4C[C@H]2CN3)cc(COc2cc3c(cc2OC)C(=O)N2c4ccccc4C[C@H]2CN3C)c1. The summed E-state index contributed by atoms with van der Waals surface area (Å²) in [5, 5.41) is 3.53. The zero-order chi connectivity index (χ0) is 50.8. The van der Waals surface area contributed by atoms with Crippen LogP contribution in [0.4, 0.5) is 28.4 Å². The van der Waals surface area contributed by atoms with E-state index >= 15 is 0 Å². The second kappa shape index (κ2) is 23.7. The highest BCUT2D eigenvalue weighted by Crippen LogP contribution is 2.43. The monoisotopic (exact) mass is 997 g/mol. The van der Waals surface area contributed by atoms with Gasteiger partial charge in [0.2, 0.25) is 5.91 Å². The number of rotatable bonds is 24. The lowest BCUT2D eigenvalue weighted by atomic mass is 10.1. The molecule has 0 radical (unpaired) electrons. The standard InChI is InChI=1S/C56H67N7O10/c1-6-58-59-54(64)16-11-17-61(18-19-70-22-23-71-21-20-67-3)41-25-37(35-72-52-31-46-44(29-50(52)68-4)55(65)62-42(33-57-46)27-39-12-7-9-14-47(39)62)24-38(26-41)36-73-53-32-49-45(30-51(53)69-5)56(66)63-43(34-60(49)2)28-40-13-8-10-15-48(40)63/h7-10,12-15,24-26,29-32,42-43,57-58H,6,11,16-23,27-28,33-36H2,1-5H3,(H,59,64)/t42-,43-/m0/s1. The molecule has 0 spiro atoms. The predicted molar refractivity (Wildman–Crippen MR) is 281 cm³/mol. The lowest BCUT2D eigenvalue weighted by molar-refractivity contribution is -0.122. The van der Waals surface area contributed by atoms with Crippen LogP contribution in [0.5, 0.6) is 23.0 Å². The molecule has 5 aromatic rings. The Balaban J connectivity index is 0.995. The van der Waals surface area contributed by atoms with E-state index in [0.717, 1.165) is 52.3 Å². The van der Waals surface area contributed by atoms with Crippen molar-refractivity contribution in [1.29, 1.82) is 0 Å². The van der Waals surface area contributed by atoms with Crippen LogP contribution in [0, 0.1) is 0 Å². The Morgan fingerprint density at radius 3 is 1.96 bits per heavy atom. The van der Waals surface area contributed by atoms with E-state index in [2.05, 4.69) is 50.2 Å². The first-order chi connectivity index (χ1) is 35.7. The molecule has 0 unspecified atom stereocenters. The Bertz CT molecular complexity index is 2770. The number of carbonyl (C=O) groups excluding carboxylic acids is 3. The molecule has 0 aromatic heterocycles. The fourth-order valence-corrected chi connectivity index (χ4v) is 10.2. The van der Waals surface area contributed by atoms with Gasteiger partial charge in [-0.05, 0) is 84.0 Å². The summed E-state index contributed by atoms with van der Waals surface area (Å²) in [4.78, 5) is 49.4. The normalized spacial score (nSPS) is 16.3. The molecular formula is C56H67N7O10. The second-order valence-electron chi connectivity index (χ2n) is 18.6. The molecule has 73 heavy (non-hydrogen) atoms. The molecule has 0 saturated heterocycles. The smallest absolute Gasteiger partial charge is 0.260 e. The third kappa shape index (κ3) is 11.4. The molecule has 4 heterocycles. The van der Waals surface area contributed by atoms with Gasteiger partial charge in [0.05, 0.1) is 81.8 Å². The molecule has 3 N–H and O–H groups in total. The zero-order valence-electron chi connectivity index (χ0n) is 42.5. The van der Waals surface area contributed by atoms with E-state index in [-0.39, 0.29) is 43.0 Å². The molecule has 386 valence electrons. The van der Waals surface area contributed by atoms with Crippen molar-refractivity contribution in [3.63, 3.8) is 0 Å². The number of methoxy groups -OCH3 is 3. The van der Waals surface area contributed by atoms with Crippen molar-refractivity contribution in [2.24, 2.45) is 0 Å². The summed E-state index contributed by atoms with van der Waals surface area (Å²) in [6, 6.07) is 29.6. The first-order valence-corrected chi connectivity index (χ1v) is 25.2. The van der Waals surface area contributed by atoms with Gasteiger partial charge in [-0.3, -0.25) is 19.8 Å². The fourth-order valence-electron chi connectivity index (χ4n) is 10.2. The van der Waals surface area contributed by atoms with E-state index in [1.165, 1.54) is 5.56 Å². The highest BCUT2D eigenvalue weighted by molar-refractivity contribution is 6.13. The number of benzene rings is 5. The van der Waals surface area contributed by atoms with Crippen molar-refractivity contribution in [2.45, 2.75) is 57.9 Å². The van der Waals surface area contributed by atoms with Crippen LogP contribution in [0.1, 0.15) is 62.7 Å². The van der Waals surface area contributed by atoms with Gasteiger partial charge in [0.15, 0.2) is 23.0 Å². The number of hydrogen-bond donors (Lipinski definition) is 3. The number of para-hydroxylation sites is 2. The summed E-state index contributed by atoms with van der Waals surface area (Å²) in [5.74, 6) is 1.60. The van der Waals surface area contributed by atoms with Crippen LogP contribution in [-0.2, 0) is 45.1 Å². The summed E-state index contributed by atoms with van der Waals surface area (Å²) in [7, 11) is 6.81. The number of likely N-dealkylation sites (N-methyl/N-ethyl adjacent to an activating group) is 1. The highest BCUT2D eigenvalue weighted by atomic mass is 16.5. The van der Waals surface area contributed by atoms with Crippen molar-refractivity contribution in [3.05, 3.63) is 124 Å². The zero-order valence-corrected chi connectivity index (χ0v) is 42.5. The Morgan fingerprint density at radius 2 is 1.29 bits per heavy atom. The van der Waals surface area contributed by atoms with Crippen LogP contribution in [0.15, 0.2) is 91.0 Å². The third-order valence-electron chi connectivity index (χ3n) is 13.8. The average molecular weight is 998 g/mol. The van der Waals surface area contributed by atoms with Gasteiger partial charge in [0.1, 0.15) is 13.2 Å². The lowest BCUT2D eigenvalue weighted by Crippen LogP contribution is -2.41. The Hall–Kier alpha value is -7.05. The number of fused-ring (bicyclic) bond motifs is 8. The number of nitrogens with zero attached hydrogens (tertiary/aromatic N) is 4. The minimum atomic E-state index is -0.0918. The highest BCUT2D eigenvalue weighted by Gasteiger charge is 2.40. The van der Waals surface area contributed by atoms with E-state index in [4.69, 9.17) is 33.2 Å². The minimum absolute atomic E-state index is 0.00796. The van der Waals surface area contributed by atoms with Gasteiger partial charge in [0.25, 0.3) is 11.8 Å². The van der Waals surface area contributed by atoms with E-state index in [1.54, 1.807) is 33.5 Å². The van der Waals surface area contributed by atoms with E-state index < -0.39 is 0 Å². The fraction of sp³-hybridized carbons (Fsp3) is 0.411. The Labute approximate surface area is 427 Å². The molecule has 17 heteroatoms. The molecule has 9 rings (SSSR count). The van der Waals surface area contributed by atoms with Crippen molar-refractivity contribution in [2.75, 3.05) is 119 Å². The van der Waals surface area contributed by atoms with Crippen molar-refractivity contribution >= 4 is 46.2 Å². The molecule has 4 aliphatic rings. The maximum absolute atomic E-state index is 14.3. The lowest BCUT2D eigenvalue weighted by Gasteiger charge is -2.26. The maximum Gasteiger partial charge on any atom is 0.260 e. The number of nitrogens with one attached hydrogen (secondary N) is 3.